The Morgan fingerprint density at radius 1 is 1.16 bits per heavy atom. The Morgan fingerprint density at radius 2 is 1.84 bits per heavy atom. The standard InChI is InChI=1S/C16H23N3/c1-4-13-6-8-14(9-7-13)10-15(17-5-2)16-11-19(3)12-18-16/h6-9,11-12,15,17H,4-5,10H2,1-3H3. The molecule has 0 spiro atoms. The summed E-state index contributed by atoms with van der Waals surface area (Å²) in [5.41, 5.74) is 3.86. The van der Waals surface area contributed by atoms with Gasteiger partial charge in [-0.15, -0.1) is 0 Å². The second-order valence-electron chi connectivity index (χ2n) is 4.95. The molecule has 0 radical (unpaired) electrons. The topological polar surface area (TPSA) is 29.9 Å². The van der Waals surface area contributed by atoms with E-state index >= 15 is 0 Å². The van der Waals surface area contributed by atoms with Crippen molar-refractivity contribution in [3.8, 4) is 0 Å². The van der Waals surface area contributed by atoms with Crippen molar-refractivity contribution in [3.05, 3.63) is 53.6 Å². The lowest BCUT2D eigenvalue weighted by Crippen LogP contribution is -2.23. The number of hydrogen-bond acceptors (Lipinski definition) is 2. The highest BCUT2D eigenvalue weighted by Crippen LogP contribution is 2.17. The van der Waals surface area contributed by atoms with Crippen LogP contribution in [0, 0.1) is 0 Å². The number of benzene rings is 1. The molecule has 102 valence electrons. The lowest BCUT2D eigenvalue weighted by Gasteiger charge is -2.16. The van der Waals surface area contributed by atoms with Gasteiger partial charge in [0, 0.05) is 13.2 Å². The number of nitrogens with zero attached hydrogens (tertiary/aromatic N) is 2. The van der Waals surface area contributed by atoms with Crippen molar-refractivity contribution in [2.45, 2.75) is 32.7 Å². The zero-order chi connectivity index (χ0) is 13.7. The van der Waals surface area contributed by atoms with Crippen LogP contribution in [0.4, 0.5) is 0 Å². The Hall–Kier alpha value is -1.61. The molecule has 0 aliphatic carbocycles. The Balaban J connectivity index is 2.11. The highest BCUT2D eigenvalue weighted by atomic mass is 15.0. The van der Waals surface area contributed by atoms with Crippen LogP contribution in [0.3, 0.4) is 0 Å². The van der Waals surface area contributed by atoms with E-state index in [0.717, 1.165) is 25.1 Å². The molecule has 1 aromatic heterocycles. The van der Waals surface area contributed by atoms with E-state index in [4.69, 9.17) is 0 Å². The average molecular weight is 257 g/mol. The molecule has 1 unspecified atom stereocenters. The molecule has 2 aromatic rings. The first-order valence-electron chi connectivity index (χ1n) is 7.02. The van der Waals surface area contributed by atoms with Gasteiger partial charge in [0.15, 0.2) is 0 Å². The Morgan fingerprint density at radius 3 is 2.37 bits per heavy atom. The minimum atomic E-state index is 0.290. The quantitative estimate of drug-likeness (QED) is 0.862. The Labute approximate surface area is 115 Å². The largest absolute Gasteiger partial charge is 0.340 e. The maximum Gasteiger partial charge on any atom is 0.0947 e. The minimum absolute atomic E-state index is 0.290. The van der Waals surface area contributed by atoms with Gasteiger partial charge in [0.25, 0.3) is 0 Å². The van der Waals surface area contributed by atoms with Crippen molar-refractivity contribution in [2.75, 3.05) is 6.54 Å². The van der Waals surface area contributed by atoms with Gasteiger partial charge in [-0.2, -0.15) is 0 Å². The molecular weight excluding hydrogens is 234 g/mol. The van der Waals surface area contributed by atoms with Crippen molar-refractivity contribution in [2.24, 2.45) is 7.05 Å². The Bertz CT molecular complexity index is 499. The lowest BCUT2D eigenvalue weighted by atomic mass is 10.0. The fraction of sp³-hybridized carbons (Fsp3) is 0.438. The van der Waals surface area contributed by atoms with Gasteiger partial charge in [-0.05, 0) is 30.5 Å². The van der Waals surface area contributed by atoms with Gasteiger partial charge in [0.05, 0.1) is 18.1 Å². The molecule has 0 aliphatic heterocycles. The van der Waals surface area contributed by atoms with E-state index in [2.05, 4.69) is 54.6 Å². The molecule has 2 rings (SSSR count). The van der Waals surface area contributed by atoms with Crippen molar-refractivity contribution in [1.82, 2.24) is 14.9 Å². The SMILES string of the molecule is CCNC(Cc1ccc(CC)cc1)c1cn(C)cn1. The highest BCUT2D eigenvalue weighted by Gasteiger charge is 2.13. The van der Waals surface area contributed by atoms with E-state index < -0.39 is 0 Å². The van der Waals surface area contributed by atoms with Crippen molar-refractivity contribution >= 4 is 0 Å². The van der Waals surface area contributed by atoms with E-state index in [1.54, 1.807) is 0 Å². The third kappa shape index (κ3) is 3.67. The summed E-state index contributed by atoms with van der Waals surface area (Å²) in [4.78, 5) is 4.47. The Kier molecular flexibility index (Phi) is 4.74. The van der Waals surface area contributed by atoms with Gasteiger partial charge in [0.1, 0.15) is 0 Å². The van der Waals surface area contributed by atoms with E-state index in [1.807, 2.05) is 17.9 Å². The third-order valence-corrected chi connectivity index (χ3v) is 3.40. The molecule has 1 atom stereocenters. The molecule has 0 amide bonds. The summed E-state index contributed by atoms with van der Waals surface area (Å²) in [6.45, 7) is 5.27. The molecule has 0 saturated heterocycles. The average Bonchev–Trinajstić information content (AvgIpc) is 2.86. The second kappa shape index (κ2) is 6.53. The van der Waals surface area contributed by atoms with Gasteiger partial charge in [-0.3, -0.25) is 0 Å². The molecule has 3 heteroatoms. The molecule has 0 aliphatic rings. The van der Waals surface area contributed by atoms with Crippen LogP contribution in [0.5, 0.6) is 0 Å². The van der Waals surface area contributed by atoms with Crippen molar-refractivity contribution < 1.29 is 0 Å². The number of nitrogens with one attached hydrogen (secondary N) is 1. The van der Waals surface area contributed by atoms with E-state index in [1.165, 1.54) is 11.1 Å². The zero-order valence-corrected chi connectivity index (χ0v) is 12.1. The smallest absolute Gasteiger partial charge is 0.0947 e. The molecule has 1 N–H and O–H groups in total. The maximum absolute atomic E-state index is 4.47. The molecule has 1 heterocycles. The lowest BCUT2D eigenvalue weighted by molar-refractivity contribution is 0.538. The van der Waals surface area contributed by atoms with Gasteiger partial charge < -0.3 is 9.88 Å². The predicted octanol–water partition coefficient (Wildman–Crippen LogP) is 2.88. The molecule has 0 saturated carbocycles. The first-order valence-corrected chi connectivity index (χ1v) is 7.02. The van der Waals surface area contributed by atoms with Crippen LogP contribution in [0.1, 0.15) is 36.7 Å². The summed E-state index contributed by atoms with van der Waals surface area (Å²) >= 11 is 0. The predicted molar refractivity (Wildman–Crippen MR) is 79.1 cm³/mol. The summed E-state index contributed by atoms with van der Waals surface area (Å²) in [5, 5.41) is 3.51. The number of likely N-dealkylation sites (N-methyl/N-ethyl adjacent to an activating group) is 1. The minimum Gasteiger partial charge on any atom is -0.340 e. The third-order valence-electron chi connectivity index (χ3n) is 3.40. The van der Waals surface area contributed by atoms with Gasteiger partial charge in [0.2, 0.25) is 0 Å². The number of rotatable bonds is 6. The first kappa shape index (κ1) is 13.8. The monoisotopic (exact) mass is 257 g/mol. The summed E-state index contributed by atoms with van der Waals surface area (Å²) in [6, 6.07) is 9.19. The van der Waals surface area contributed by atoms with Crippen LogP contribution in [0.25, 0.3) is 0 Å². The van der Waals surface area contributed by atoms with Crippen molar-refractivity contribution in [3.63, 3.8) is 0 Å². The summed E-state index contributed by atoms with van der Waals surface area (Å²) in [5.74, 6) is 0. The highest BCUT2D eigenvalue weighted by molar-refractivity contribution is 5.24. The number of hydrogen-bond donors (Lipinski definition) is 1. The number of aromatic nitrogens is 2. The van der Waals surface area contributed by atoms with Gasteiger partial charge in [-0.1, -0.05) is 38.1 Å². The zero-order valence-electron chi connectivity index (χ0n) is 12.1. The molecular formula is C16H23N3. The van der Waals surface area contributed by atoms with Crippen LogP contribution in [-0.4, -0.2) is 16.1 Å². The maximum atomic E-state index is 4.47. The van der Waals surface area contributed by atoms with Crippen molar-refractivity contribution in [1.29, 1.82) is 0 Å². The van der Waals surface area contributed by atoms with Crippen LogP contribution in [0.2, 0.25) is 0 Å². The van der Waals surface area contributed by atoms with E-state index in [9.17, 15) is 0 Å². The van der Waals surface area contributed by atoms with E-state index in [0.29, 0.717) is 6.04 Å². The normalized spacial score (nSPS) is 12.6. The molecule has 0 fully saturated rings. The summed E-state index contributed by atoms with van der Waals surface area (Å²) < 4.78 is 2.00. The first-order chi connectivity index (χ1) is 9.22. The summed E-state index contributed by atoms with van der Waals surface area (Å²) in [7, 11) is 2.01. The number of aryl methyl sites for hydroxylation is 2. The van der Waals surface area contributed by atoms with Crippen LogP contribution < -0.4 is 5.32 Å². The second-order valence-corrected chi connectivity index (χ2v) is 4.95. The van der Waals surface area contributed by atoms with E-state index in [-0.39, 0.29) is 0 Å². The van der Waals surface area contributed by atoms with Crippen LogP contribution in [-0.2, 0) is 19.9 Å². The fourth-order valence-corrected chi connectivity index (χ4v) is 2.29. The van der Waals surface area contributed by atoms with Crippen LogP contribution >= 0.6 is 0 Å². The molecule has 19 heavy (non-hydrogen) atoms. The van der Waals surface area contributed by atoms with Gasteiger partial charge in [-0.25, -0.2) is 4.98 Å². The van der Waals surface area contributed by atoms with Crippen LogP contribution in [0.15, 0.2) is 36.8 Å². The molecule has 1 aromatic carbocycles. The molecule has 0 bridgehead atoms. The summed E-state index contributed by atoms with van der Waals surface area (Å²) in [6.07, 6.45) is 6.03. The molecule has 3 nitrogen and oxygen atoms in total. The fourth-order valence-electron chi connectivity index (χ4n) is 2.29. The van der Waals surface area contributed by atoms with Gasteiger partial charge >= 0.3 is 0 Å². The number of imidazole rings is 1.